The summed E-state index contributed by atoms with van der Waals surface area (Å²) in [5.41, 5.74) is -2.94. The quantitative estimate of drug-likeness (QED) is 0.121. The first-order chi connectivity index (χ1) is 13.9. The second-order valence-corrected chi connectivity index (χ2v) is 8.11. The van der Waals surface area contributed by atoms with Gasteiger partial charge in [-0.1, -0.05) is 26.7 Å². The van der Waals surface area contributed by atoms with Gasteiger partial charge in [-0.25, -0.2) is 0 Å². The minimum atomic E-state index is -5.50. The topological polar surface area (TPSA) is 137 Å². The number of hydrogen-bond acceptors (Lipinski definition) is 7. The second kappa shape index (κ2) is 13.2. The molecule has 4 N–H and O–H groups in total. The zero-order valence-electron chi connectivity index (χ0n) is 17.3. The molecule has 14 heteroatoms. The van der Waals surface area contributed by atoms with Crippen molar-refractivity contribution in [3.63, 3.8) is 0 Å². The van der Waals surface area contributed by atoms with Crippen LogP contribution < -0.4 is 10.6 Å². The maximum absolute atomic E-state index is 13.3. The molecule has 0 aliphatic rings. The largest absolute Gasteiger partial charge is 0.471 e. The summed E-state index contributed by atoms with van der Waals surface area (Å²) in [6.45, 7) is 1.58. The summed E-state index contributed by atoms with van der Waals surface area (Å²) in [4.78, 5) is 43.9. The van der Waals surface area contributed by atoms with Gasteiger partial charge in [0.25, 0.3) is 5.53 Å². The van der Waals surface area contributed by atoms with Crippen molar-refractivity contribution in [3.05, 3.63) is 0 Å². The lowest BCUT2D eigenvalue weighted by molar-refractivity contribution is -0.193. The van der Waals surface area contributed by atoms with Crippen LogP contribution in [0.25, 0.3) is 0 Å². The first-order valence-corrected chi connectivity index (χ1v) is 11.1. The fourth-order valence-electron chi connectivity index (χ4n) is 2.40. The van der Waals surface area contributed by atoms with Crippen molar-refractivity contribution in [2.45, 2.75) is 51.2 Å². The number of nitrogens with zero attached hydrogens (tertiary/aromatic N) is 1. The van der Waals surface area contributed by atoms with Gasteiger partial charge in [0.15, 0.2) is 0 Å². The van der Waals surface area contributed by atoms with E-state index in [1.807, 2.05) is 0 Å². The van der Waals surface area contributed by atoms with Crippen LogP contribution in [0.4, 0.5) is 13.2 Å². The first-order valence-electron chi connectivity index (χ1n) is 9.46. The molecule has 1 amide bonds. The van der Waals surface area contributed by atoms with Gasteiger partial charge in [-0.2, -0.15) is 13.2 Å². The van der Waals surface area contributed by atoms with Crippen LogP contribution in [0, 0.1) is 0 Å². The summed E-state index contributed by atoms with van der Waals surface area (Å²) < 4.78 is 61.6. The van der Waals surface area contributed by atoms with Crippen molar-refractivity contribution in [3.8, 4) is 0 Å². The number of carbonyl (C=O) groups is 2. The van der Waals surface area contributed by atoms with Gasteiger partial charge in [0.1, 0.15) is 13.2 Å². The molecule has 178 valence electrons. The average Bonchev–Trinajstić information content (AvgIpc) is 2.63. The normalized spacial score (nSPS) is 12.7. The smallest absolute Gasteiger partial charge is 0.462 e. The Morgan fingerprint density at radius 3 is 1.90 bits per heavy atom. The van der Waals surface area contributed by atoms with Gasteiger partial charge in [0.2, 0.25) is 0 Å². The van der Waals surface area contributed by atoms with E-state index in [0.29, 0.717) is 25.7 Å². The van der Waals surface area contributed by atoms with Crippen LogP contribution in [0.2, 0.25) is 0 Å². The molecule has 0 saturated heterocycles. The van der Waals surface area contributed by atoms with E-state index in [1.54, 1.807) is 13.8 Å². The van der Waals surface area contributed by atoms with Crippen molar-refractivity contribution >= 4 is 19.5 Å². The molecule has 0 rings (SSSR count). The van der Waals surface area contributed by atoms with Gasteiger partial charge in [0.05, 0.1) is 6.61 Å². The van der Waals surface area contributed by atoms with E-state index >= 15 is 0 Å². The van der Waals surface area contributed by atoms with E-state index in [2.05, 4.69) is 15.4 Å². The Bertz CT molecular complexity index is 577. The number of alkyl halides is 3. The standard InChI is InChI=1S/C16H31F3N3O7P/c1-4-6-8-20-16(30(25,26)27,21-9-7-5-2)22(14(24)15(17,18)19)12-13(23)29-11-10-28-3/h20-21H,4-12H2,1-3H3,(H2,25,26,27). The fraction of sp³-hybridized carbons (Fsp3) is 0.875. The number of hydrogen-bond donors (Lipinski definition) is 4. The predicted molar refractivity (Wildman–Crippen MR) is 101 cm³/mol. The summed E-state index contributed by atoms with van der Waals surface area (Å²) in [5, 5.41) is 4.71. The number of ether oxygens (including phenoxy) is 2. The molecule has 10 nitrogen and oxygen atoms in total. The zero-order valence-corrected chi connectivity index (χ0v) is 18.2. The number of unbranched alkanes of at least 4 members (excludes halogenated alkanes) is 2. The highest BCUT2D eigenvalue weighted by atomic mass is 31.2. The summed E-state index contributed by atoms with van der Waals surface area (Å²) in [5.74, 6) is -3.88. The van der Waals surface area contributed by atoms with Crippen molar-refractivity contribution in [2.75, 3.05) is 40.0 Å². The number of nitrogens with one attached hydrogen (secondary N) is 2. The summed E-state index contributed by atoms with van der Waals surface area (Å²) in [6, 6.07) is 0. The minimum absolute atomic E-state index is 0.0495. The Labute approximate surface area is 173 Å². The van der Waals surface area contributed by atoms with E-state index in [0.717, 1.165) is 0 Å². The van der Waals surface area contributed by atoms with Crippen LogP contribution in [0.1, 0.15) is 39.5 Å². The molecule has 0 unspecified atom stereocenters. The summed E-state index contributed by atoms with van der Waals surface area (Å²) >= 11 is 0. The van der Waals surface area contributed by atoms with Crippen molar-refractivity contribution in [1.82, 2.24) is 15.5 Å². The van der Waals surface area contributed by atoms with E-state index < -0.39 is 37.7 Å². The molecule has 0 aliphatic carbocycles. The molecule has 0 aromatic heterocycles. The molecule has 0 aromatic carbocycles. The van der Waals surface area contributed by atoms with Gasteiger partial charge in [-0.05, 0) is 25.9 Å². The monoisotopic (exact) mass is 465 g/mol. The van der Waals surface area contributed by atoms with Gasteiger partial charge in [-0.3, -0.25) is 29.7 Å². The lowest BCUT2D eigenvalue weighted by Gasteiger charge is -2.44. The molecule has 0 spiro atoms. The molecular formula is C16H31F3N3O7P. The molecule has 0 atom stereocenters. The number of halogens is 3. The van der Waals surface area contributed by atoms with Crippen LogP contribution >= 0.6 is 7.60 Å². The highest BCUT2D eigenvalue weighted by Crippen LogP contribution is 2.50. The van der Waals surface area contributed by atoms with Crippen molar-refractivity contribution < 1.29 is 46.6 Å². The number of esters is 1. The van der Waals surface area contributed by atoms with E-state index in [4.69, 9.17) is 4.74 Å². The van der Waals surface area contributed by atoms with E-state index in [1.165, 1.54) is 7.11 Å². The fourth-order valence-corrected chi connectivity index (χ4v) is 3.51. The molecule has 0 heterocycles. The highest BCUT2D eigenvalue weighted by Gasteiger charge is 2.59. The molecule has 0 fully saturated rings. The van der Waals surface area contributed by atoms with Gasteiger partial charge in [-0.15, -0.1) is 0 Å². The third-order valence-electron chi connectivity index (χ3n) is 3.94. The Morgan fingerprint density at radius 2 is 1.53 bits per heavy atom. The van der Waals surface area contributed by atoms with Gasteiger partial charge >= 0.3 is 25.6 Å². The van der Waals surface area contributed by atoms with Crippen molar-refractivity contribution in [2.24, 2.45) is 0 Å². The number of rotatable bonds is 15. The molecule has 0 aliphatic heterocycles. The second-order valence-electron chi connectivity index (χ2n) is 6.38. The molecular weight excluding hydrogens is 434 g/mol. The predicted octanol–water partition coefficient (Wildman–Crippen LogP) is 1.14. The Morgan fingerprint density at radius 1 is 1.03 bits per heavy atom. The molecule has 0 bridgehead atoms. The first kappa shape index (κ1) is 28.8. The molecule has 0 radical (unpaired) electrons. The van der Waals surface area contributed by atoms with Crippen LogP contribution in [0.3, 0.4) is 0 Å². The average molecular weight is 465 g/mol. The highest BCUT2D eigenvalue weighted by molar-refractivity contribution is 7.53. The van der Waals surface area contributed by atoms with Crippen molar-refractivity contribution in [1.29, 1.82) is 0 Å². The Kier molecular flexibility index (Phi) is 12.7. The third kappa shape index (κ3) is 8.86. The SMILES string of the molecule is CCCCNC(NCCCC)(N(CC(=O)OCCOC)C(=O)C(F)(F)F)P(=O)(O)O. The molecule has 0 aromatic rings. The zero-order chi connectivity index (χ0) is 23.4. The Hall–Kier alpha value is -1.24. The van der Waals surface area contributed by atoms with Crippen LogP contribution in [0.15, 0.2) is 0 Å². The third-order valence-corrected chi connectivity index (χ3v) is 5.34. The summed E-state index contributed by atoms with van der Waals surface area (Å²) in [7, 11) is -4.20. The lowest BCUT2D eigenvalue weighted by Crippen LogP contribution is -2.71. The minimum Gasteiger partial charge on any atom is -0.462 e. The Balaban J connectivity index is 6.20. The van der Waals surface area contributed by atoms with E-state index in [-0.39, 0.29) is 31.2 Å². The molecule has 0 saturated carbocycles. The molecule has 30 heavy (non-hydrogen) atoms. The number of carbonyl (C=O) groups excluding carboxylic acids is 2. The maximum atomic E-state index is 13.3. The van der Waals surface area contributed by atoms with Crippen LogP contribution in [-0.4, -0.2) is 78.2 Å². The lowest BCUT2D eigenvalue weighted by atomic mass is 10.3. The summed E-state index contributed by atoms with van der Waals surface area (Å²) in [6.07, 6.45) is -3.67. The van der Waals surface area contributed by atoms with Crippen LogP contribution in [-0.2, 0) is 23.6 Å². The van der Waals surface area contributed by atoms with Crippen LogP contribution in [0.5, 0.6) is 0 Å². The number of amides is 1. The van der Waals surface area contributed by atoms with Gasteiger partial charge < -0.3 is 19.3 Å². The van der Waals surface area contributed by atoms with Gasteiger partial charge in [0, 0.05) is 7.11 Å². The number of methoxy groups -OCH3 is 1. The van der Waals surface area contributed by atoms with E-state index in [9.17, 15) is 37.1 Å². The maximum Gasteiger partial charge on any atom is 0.471 e.